The minimum atomic E-state index is 0.238. The predicted octanol–water partition coefficient (Wildman–Crippen LogP) is 0.565. The van der Waals surface area contributed by atoms with E-state index in [-0.39, 0.29) is 5.54 Å². The topological polar surface area (TPSA) is 76.1 Å². The van der Waals surface area contributed by atoms with Crippen molar-refractivity contribution in [3.63, 3.8) is 0 Å². The standard InChI is InChI=1S/C13H30N4/c1-13(17-11-5-9-15)7-3-2-6-12(13)16-10-4-8-14/h12,16-17H,2-11,14-15H2,1H3. The Hall–Kier alpha value is -0.160. The molecule has 0 radical (unpaired) electrons. The third-order valence-electron chi connectivity index (χ3n) is 3.89. The molecule has 1 aliphatic carbocycles. The number of hydrogen-bond donors (Lipinski definition) is 4. The smallest absolute Gasteiger partial charge is 0.0306 e. The van der Waals surface area contributed by atoms with E-state index in [1.54, 1.807) is 0 Å². The summed E-state index contributed by atoms with van der Waals surface area (Å²) in [6.07, 6.45) is 7.34. The first-order valence-corrected chi connectivity index (χ1v) is 7.11. The van der Waals surface area contributed by atoms with Gasteiger partial charge in [-0.15, -0.1) is 0 Å². The molecule has 4 heteroatoms. The molecule has 1 rings (SSSR count). The van der Waals surface area contributed by atoms with E-state index in [1.807, 2.05) is 0 Å². The van der Waals surface area contributed by atoms with Crippen LogP contribution in [0.4, 0.5) is 0 Å². The summed E-state index contributed by atoms with van der Waals surface area (Å²) in [7, 11) is 0. The molecular weight excluding hydrogens is 212 g/mol. The zero-order valence-corrected chi connectivity index (χ0v) is 11.3. The highest BCUT2D eigenvalue weighted by molar-refractivity contribution is 4.98. The number of nitrogens with one attached hydrogen (secondary N) is 2. The van der Waals surface area contributed by atoms with Gasteiger partial charge in [0.25, 0.3) is 0 Å². The van der Waals surface area contributed by atoms with E-state index in [2.05, 4.69) is 17.6 Å². The van der Waals surface area contributed by atoms with Crippen molar-refractivity contribution >= 4 is 0 Å². The average molecular weight is 242 g/mol. The Morgan fingerprint density at radius 3 is 2.53 bits per heavy atom. The zero-order valence-electron chi connectivity index (χ0n) is 11.3. The lowest BCUT2D eigenvalue weighted by molar-refractivity contribution is 0.186. The molecule has 0 aromatic carbocycles. The quantitative estimate of drug-likeness (QED) is 0.469. The van der Waals surface area contributed by atoms with E-state index < -0.39 is 0 Å². The highest BCUT2D eigenvalue weighted by Crippen LogP contribution is 2.28. The summed E-state index contributed by atoms with van der Waals surface area (Å²) < 4.78 is 0. The Labute approximate surface area is 106 Å². The number of nitrogens with two attached hydrogens (primary N) is 2. The Morgan fingerprint density at radius 2 is 1.82 bits per heavy atom. The van der Waals surface area contributed by atoms with Crippen LogP contribution in [-0.2, 0) is 0 Å². The Morgan fingerprint density at radius 1 is 1.12 bits per heavy atom. The molecule has 0 aliphatic heterocycles. The Balaban J connectivity index is 2.39. The number of hydrogen-bond acceptors (Lipinski definition) is 4. The van der Waals surface area contributed by atoms with Gasteiger partial charge in [0.2, 0.25) is 0 Å². The summed E-state index contributed by atoms with van der Waals surface area (Å²) in [6, 6.07) is 0.584. The van der Waals surface area contributed by atoms with E-state index in [9.17, 15) is 0 Å². The fourth-order valence-corrected chi connectivity index (χ4v) is 2.73. The maximum Gasteiger partial charge on any atom is 0.0306 e. The lowest BCUT2D eigenvalue weighted by Gasteiger charge is -2.43. The molecular formula is C13H30N4. The monoisotopic (exact) mass is 242 g/mol. The molecule has 1 aliphatic rings. The van der Waals surface area contributed by atoms with Gasteiger partial charge in [0, 0.05) is 11.6 Å². The van der Waals surface area contributed by atoms with Crippen LogP contribution in [-0.4, -0.2) is 37.8 Å². The molecule has 0 heterocycles. The van der Waals surface area contributed by atoms with Gasteiger partial charge in [-0.2, -0.15) is 0 Å². The third kappa shape index (κ3) is 4.92. The fraction of sp³-hybridized carbons (Fsp3) is 1.00. The third-order valence-corrected chi connectivity index (χ3v) is 3.89. The van der Waals surface area contributed by atoms with Crippen molar-refractivity contribution in [3.05, 3.63) is 0 Å². The van der Waals surface area contributed by atoms with Gasteiger partial charge < -0.3 is 22.1 Å². The van der Waals surface area contributed by atoms with Crippen molar-refractivity contribution < 1.29 is 0 Å². The average Bonchev–Trinajstić information content (AvgIpc) is 2.32. The van der Waals surface area contributed by atoms with Crippen LogP contribution in [0.25, 0.3) is 0 Å². The van der Waals surface area contributed by atoms with Crippen LogP contribution < -0.4 is 22.1 Å². The molecule has 6 N–H and O–H groups in total. The van der Waals surface area contributed by atoms with E-state index in [4.69, 9.17) is 11.5 Å². The number of rotatable bonds is 8. The van der Waals surface area contributed by atoms with Crippen molar-refractivity contribution in [1.29, 1.82) is 0 Å². The molecule has 0 amide bonds. The largest absolute Gasteiger partial charge is 0.330 e. The van der Waals surface area contributed by atoms with Crippen molar-refractivity contribution in [2.75, 3.05) is 26.2 Å². The molecule has 4 nitrogen and oxygen atoms in total. The van der Waals surface area contributed by atoms with Gasteiger partial charge in [-0.05, 0) is 58.8 Å². The molecule has 0 aromatic heterocycles. The van der Waals surface area contributed by atoms with Crippen LogP contribution in [0.3, 0.4) is 0 Å². The van der Waals surface area contributed by atoms with Gasteiger partial charge in [0.05, 0.1) is 0 Å². The van der Waals surface area contributed by atoms with Crippen molar-refractivity contribution in [1.82, 2.24) is 10.6 Å². The lowest BCUT2D eigenvalue weighted by atomic mass is 9.78. The van der Waals surface area contributed by atoms with Gasteiger partial charge >= 0.3 is 0 Å². The second kappa shape index (κ2) is 8.03. The van der Waals surface area contributed by atoms with Crippen LogP contribution in [0.5, 0.6) is 0 Å². The molecule has 1 saturated carbocycles. The first kappa shape index (κ1) is 14.9. The summed E-state index contributed by atoms with van der Waals surface area (Å²) in [5, 5.41) is 7.37. The summed E-state index contributed by atoms with van der Waals surface area (Å²) in [5.41, 5.74) is 11.3. The predicted molar refractivity (Wildman–Crippen MR) is 74.0 cm³/mol. The van der Waals surface area contributed by atoms with E-state index in [0.717, 1.165) is 39.0 Å². The maximum absolute atomic E-state index is 5.55. The molecule has 0 bridgehead atoms. The minimum absolute atomic E-state index is 0.238. The normalized spacial score (nSPS) is 29.5. The summed E-state index contributed by atoms with van der Waals surface area (Å²) >= 11 is 0. The molecule has 1 fully saturated rings. The maximum atomic E-state index is 5.55. The first-order valence-electron chi connectivity index (χ1n) is 7.11. The lowest BCUT2D eigenvalue weighted by Crippen LogP contribution is -2.59. The summed E-state index contributed by atoms with van der Waals surface area (Å²) in [6.45, 7) is 5.96. The van der Waals surface area contributed by atoms with Crippen LogP contribution in [0.2, 0.25) is 0 Å². The summed E-state index contributed by atoms with van der Waals surface area (Å²) in [5.74, 6) is 0. The van der Waals surface area contributed by atoms with Crippen molar-refractivity contribution in [2.45, 2.75) is 57.0 Å². The minimum Gasteiger partial charge on any atom is -0.330 e. The van der Waals surface area contributed by atoms with Gasteiger partial charge in [-0.25, -0.2) is 0 Å². The molecule has 0 aromatic rings. The Kier molecular flexibility index (Phi) is 7.04. The van der Waals surface area contributed by atoms with E-state index in [1.165, 1.54) is 25.7 Å². The second-order valence-corrected chi connectivity index (χ2v) is 5.38. The van der Waals surface area contributed by atoms with Gasteiger partial charge in [-0.3, -0.25) is 0 Å². The van der Waals surface area contributed by atoms with Gasteiger partial charge in [0.1, 0.15) is 0 Å². The van der Waals surface area contributed by atoms with Crippen LogP contribution in [0.1, 0.15) is 45.4 Å². The molecule has 17 heavy (non-hydrogen) atoms. The van der Waals surface area contributed by atoms with Gasteiger partial charge in [0.15, 0.2) is 0 Å². The first-order chi connectivity index (χ1) is 8.23. The van der Waals surface area contributed by atoms with Gasteiger partial charge in [-0.1, -0.05) is 12.8 Å². The molecule has 2 unspecified atom stereocenters. The SMILES string of the molecule is CC1(NCCCN)CCCCC1NCCCN. The molecule has 2 atom stereocenters. The molecule has 0 saturated heterocycles. The van der Waals surface area contributed by atoms with Crippen LogP contribution in [0, 0.1) is 0 Å². The second-order valence-electron chi connectivity index (χ2n) is 5.38. The van der Waals surface area contributed by atoms with E-state index in [0.29, 0.717) is 6.04 Å². The van der Waals surface area contributed by atoms with Crippen LogP contribution >= 0.6 is 0 Å². The van der Waals surface area contributed by atoms with Crippen LogP contribution in [0.15, 0.2) is 0 Å². The van der Waals surface area contributed by atoms with Crippen molar-refractivity contribution in [3.8, 4) is 0 Å². The Bertz CT molecular complexity index is 198. The highest BCUT2D eigenvalue weighted by Gasteiger charge is 2.35. The molecule has 0 spiro atoms. The zero-order chi connectivity index (χ0) is 12.6. The fourth-order valence-electron chi connectivity index (χ4n) is 2.73. The summed E-state index contributed by atoms with van der Waals surface area (Å²) in [4.78, 5) is 0. The molecule has 102 valence electrons. The highest BCUT2D eigenvalue weighted by atomic mass is 15.1. The van der Waals surface area contributed by atoms with E-state index >= 15 is 0 Å². The van der Waals surface area contributed by atoms with Crippen molar-refractivity contribution in [2.24, 2.45) is 11.5 Å².